The van der Waals surface area contributed by atoms with Crippen LogP contribution in [0.4, 0.5) is 31.5 Å². The minimum Gasteiger partial charge on any atom is -0.384 e. The van der Waals surface area contributed by atoms with Crippen LogP contribution < -0.4 is 20.3 Å². The predicted octanol–water partition coefficient (Wildman–Crippen LogP) is 9.80. The number of carbonyl (C=O) groups is 2. The number of halogens is 5. The largest absolute Gasteiger partial charge is 0.384 e. The number of nitrogens with zero attached hydrogens (tertiary/aromatic N) is 1. The first-order valence-electron chi connectivity index (χ1n) is 18.6. The lowest BCUT2D eigenvalue weighted by atomic mass is 9.93. The molecule has 0 saturated carbocycles. The second-order valence-electron chi connectivity index (χ2n) is 13.8. The maximum absolute atomic E-state index is 13.7. The fourth-order valence-corrected chi connectivity index (χ4v) is 9.12. The molecule has 0 bridgehead atoms. The number of nitrogens with one attached hydrogen (secondary N) is 3. The van der Waals surface area contributed by atoms with Gasteiger partial charge in [-0.2, -0.15) is 0 Å². The van der Waals surface area contributed by atoms with Crippen molar-refractivity contribution in [1.29, 1.82) is 0 Å². The molecule has 0 spiro atoms. The summed E-state index contributed by atoms with van der Waals surface area (Å²) in [5.41, 5.74) is 4.18. The molecule has 2 atom stereocenters. The topological polar surface area (TPSA) is 142 Å². The number of anilines is 4. The third-order valence-electron chi connectivity index (χ3n) is 9.61. The van der Waals surface area contributed by atoms with Gasteiger partial charge in [-0.25, -0.2) is 25.6 Å². The minimum absolute atomic E-state index is 0.0177. The second-order valence-corrected chi connectivity index (χ2v) is 19.0. The fraction of sp³-hybridized carbons (Fsp3) is 0.136. The van der Waals surface area contributed by atoms with Crippen molar-refractivity contribution in [3.8, 4) is 0 Å². The summed E-state index contributed by atoms with van der Waals surface area (Å²) in [5.74, 6) is -2.52. The van der Waals surface area contributed by atoms with Crippen LogP contribution in [-0.4, -0.2) is 41.7 Å². The Morgan fingerprint density at radius 3 is 1.62 bits per heavy atom. The number of fused-ring (bicyclic) bond motifs is 2. The third kappa shape index (κ3) is 11.7. The first kappa shape index (κ1) is 45.0. The van der Waals surface area contributed by atoms with Crippen molar-refractivity contribution in [2.45, 2.75) is 22.6 Å². The Kier molecular flexibility index (Phi) is 14.7. The number of rotatable bonds is 7. The molecular weight excluding hydrogens is 889 g/mol. The van der Waals surface area contributed by atoms with Gasteiger partial charge in [0, 0.05) is 40.8 Å². The molecule has 61 heavy (non-hydrogen) atoms. The average Bonchev–Trinajstić information content (AvgIpc) is 3.26. The van der Waals surface area contributed by atoms with Gasteiger partial charge in [0.15, 0.2) is 0 Å². The van der Waals surface area contributed by atoms with Crippen LogP contribution in [0, 0.1) is 23.5 Å². The lowest BCUT2D eigenvalue weighted by Crippen LogP contribution is -2.44. The summed E-state index contributed by atoms with van der Waals surface area (Å²) in [6.07, 6.45) is 1.05. The van der Waals surface area contributed by atoms with Crippen LogP contribution in [0.2, 0.25) is 10.0 Å². The summed E-state index contributed by atoms with van der Waals surface area (Å²) < 4.78 is 76.1. The molecule has 0 fully saturated rings. The zero-order valence-corrected chi connectivity index (χ0v) is 35.8. The van der Waals surface area contributed by atoms with Gasteiger partial charge < -0.3 is 16.0 Å². The van der Waals surface area contributed by atoms with Crippen molar-refractivity contribution >= 4 is 87.5 Å². The molecule has 0 radical (unpaired) electrons. The van der Waals surface area contributed by atoms with Gasteiger partial charge >= 0.3 is 0 Å². The van der Waals surface area contributed by atoms with Crippen LogP contribution in [0.15, 0.2) is 155 Å². The van der Waals surface area contributed by atoms with E-state index in [1.54, 1.807) is 60.7 Å². The molecule has 0 saturated heterocycles. The van der Waals surface area contributed by atoms with E-state index in [4.69, 9.17) is 33.9 Å². The zero-order chi connectivity index (χ0) is 43.7. The molecule has 6 aromatic rings. The fourth-order valence-electron chi connectivity index (χ4n) is 6.52. The van der Waals surface area contributed by atoms with E-state index in [1.165, 1.54) is 52.8 Å². The Morgan fingerprint density at radius 2 is 1.08 bits per heavy atom. The Labute approximate surface area is 366 Å². The lowest BCUT2D eigenvalue weighted by Gasteiger charge is -2.34. The van der Waals surface area contributed by atoms with Gasteiger partial charge in [0.25, 0.3) is 19.1 Å². The SMILES string of the molecule is O=C(Nc1ccc(Cl)c(F)c1)C1CNc2ccccc2C1.O=C(Nc1ccc(Cl)c(F)c1)C1Cc2ccccc2N(S(=O)(=O)c2ccccc2)C1.O=S(=O)(Cl)c1ccccc1. The number of para-hydroxylation sites is 2. The Morgan fingerprint density at radius 1 is 0.607 bits per heavy atom. The van der Waals surface area contributed by atoms with Gasteiger partial charge in [0.2, 0.25) is 11.8 Å². The molecule has 0 aromatic heterocycles. The van der Waals surface area contributed by atoms with Gasteiger partial charge in [-0.15, -0.1) is 0 Å². The lowest BCUT2D eigenvalue weighted by molar-refractivity contribution is -0.120. The molecule has 2 aliphatic heterocycles. The maximum Gasteiger partial charge on any atom is 0.264 e. The van der Waals surface area contributed by atoms with E-state index in [2.05, 4.69) is 16.0 Å². The highest BCUT2D eigenvalue weighted by molar-refractivity contribution is 8.13. The van der Waals surface area contributed by atoms with Gasteiger partial charge in [-0.1, -0.05) is 96.0 Å². The van der Waals surface area contributed by atoms with Crippen LogP contribution >= 0.6 is 33.9 Å². The summed E-state index contributed by atoms with van der Waals surface area (Å²) in [6.45, 7) is 0.551. The van der Waals surface area contributed by atoms with Crippen molar-refractivity contribution in [3.63, 3.8) is 0 Å². The molecule has 2 amide bonds. The summed E-state index contributed by atoms with van der Waals surface area (Å²) in [4.78, 5) is 25.5. The van der Waals surface area contributed by atoms with E-state index in [1.807, 2.05) is 30.3 Å². The predicted molar refractivity (Wildman–Crippen MR) is 236 cm³/mol. The first-order chi connectivity index (χ1) is 29.1. The standard InChI is InChI=1S/C22H18ClFN2O3S.C16H14ClFN2O.C6H5ClO2S/c23-19-11-10-17(13-20(19)24)25-22(27)16-12-15-6-4-5-9-21(15)26(14-16)30(28,29)18-7-2-1-3-8-18;17-13-6-5-12(8-14(13)18)20-16(21)11-7-10-3-1-2-4-15(10)19-9-11;7-10(8,9)6-4-2-1-3-5-6/h1-11,13,16H,12,14H2,(H,25,27);1-6,8,11,19H,7,9H2,(H,20,21);1-5H. The number of amides is 2. The van der Waals surface area contributed by atoms with Crippen molar-refractivity contribution in [1.82, 2.24) is 0 Å². The van der Waals surface area contributed by atoms with E-state index in [9.17, 15) is 35.2 Å². The summed E-state index contributed by atoms with van der Waals surface area (Å²) in [6, 6.07) is 39.2. The van der Waals surface area contributed by atoms with E-state index < -0.39 is 36.6 Å². The molecule has 0 aliphatic carbocycles. The first-order valence-corrected chi connectivity index (χ1v) is 23.1. The summed E-state index contributed by atoms with van der Waals surface area (Å²) in [5, 5.41) is 8.64. The minimum atomic E-state index is -3.85. The zero-order valence-electron chi connectivity index (χ0n) is 31.9. The van der Waals surface area contributed by atoms with E-state index in [0.29, 0.717) is 30.8 Å². The number of sulfonamides is 1. The van der Waals surface area contributed by atoms with Crippen LogP contribution in [0.3, 0.4) is 0 Å². The van der Waals surface area contributed by atoms with Crippen molar-refractivity contribution in [2.75, 3.05) is 33.3 Å². The van der Waals surface area contributed by atoms with E-state index >= 15 is 0 Å². The molecule has 2 aliphatic rings. The Balaban J connectivity index is 0.000000173. The van der Waals surface area contributed by atoms with Crippen LogP contribution in [-0.2, 0) is 41.5 Å². The highest BCUT2D eigenvalue weighted by Crippen LogP contribution is 2.35. The normalized spacial score (nSPS) is 15.5. The van der Waals surface area contributed by atoms with Gasteiger partial charge in [-0.05, 0) is 96.8 Å². The van der Waals surface area contributed by atoms with Gasteiger partial charge in [0.1, 0.15) is 11.6 Å². The van der Waals surface area contributed by atoms with Gasteiger partial charge in [0.05, 0.1) is 37.4 Å². The Hall–Kier alpha value is -5.51. The highest BCUT2D eigenvalue weighted by Gasteiger charge is 2.36. The molecule has 17 heteroatoms. The summed E-state index contributed by atoms with van der Waals surface area (Å²) >= 11 is 11.3. The quantitative estimate of drug-likeness (QED) is 0.135. The van der Waals surface area contributed by atoms with Crippen LogP contribution in [0.1, 0.15) is 11.1 Å². The molecule has 10 nitrogen and oxygen atoms in total. The van der Waals surface area contributed by atoms with Crippen molar-refractivity contribution in [3.05, 3.63) is 178 Å². The highest BCUT2D eigenvalue weighted by atomic mass is 35.7. The third-order valence-corrected chi connectivity index (χ3v) is 13.4. The maximum atomic E-state index is 13.7. The van der Waals surface area contributed by atoms with Gasteiger partial charge in [-0.3, -0.25) is 13.9 Å². The number of carbonyl (C=O) groups excluding carboxylic acids is 2. The molecule has 3 N–H and O–H groups in total. The number of hydrogen-bond acceptors (Lipinski definition) is 7. The number of benzene rings is 6. The van der Waals surface area contributed by atoms with Crippen molar-refractivity contribution in [2.24, 2.45) is 11.8 Å². The summed E-state index contributed by atoms with van der Waals surface area (Å²) in [7, 11) is -2.35. The van der Waals surface area contributed by atoms with E-state index in [0.717, 1.165) is 22.9 Å². The van der Waals surface area contributed by atoms with Crippen LogP contribution in [0.25, 0.3) is 0 Å². The molecule has 8 rings (SSSR count). The molecule has 2 heterocycles. The van der Waals surface area contributed by atoms with Crippen LogP contribution in [0.5, 0.6) is 0 Å². The smallest absolute Gasteiger partial charge is 0.264 e. The Bertz CT molecular complexity index is 2750. The average molecular weight is 926 g/mol. The van der Waals surface area contributed by atoms with E-state index in [-0.39, 0.29) is 49.8 Å². The number of hydrogen-bond donors (Lipinski definition) is 3. The molecule has 2 unspecified atom stereocenters. The monoisotopic (exact) mass is 924 g/mol. The van der Waals surface area contributed by atoms with Crippen molar-refractivity contribution < 1.29 is 35.2 Å². The molecular formula is C44H37Cl3F2N4O6S2. The second kappa shape index (κ2) is 19.9. The molecule has 316 valence electrons. The molecule has 6 aromatic carbocycles.